The molecule has 1 N–H and O–H groups in total. The van der Waals surface area contributed by atoms with Gasteiger partial charge >= 0.3 is 0 Å². The lowest BCUT2D eigenvalue weighted by atomic mass is 10.0. The fourth-order valence-corrected chi connectivity index (χ4v) is 3.75. The maximum Gasteiger partial charge on any atom is 0.227 e. The van der Waals surface area contributed by atoms with Crippen LogP contribution >= 0.6 is 0 Å². The van der Waals surface area contributed by atoms with E-state index in [-0.39, 0.29) is 18.1 Å². The van der Waals surface area contributed by atoms with Crippen LogP contribution in [0.2, 0.25) is 0 Å². The average molecular weight is 353 g/mol. The highest BCUT2D eigenvalue weighted by molar-refractivity contribution is 5.89. The Labute approximate surface area is 152 Å². The fraction of sp³-hybridized carbons (Fsp3) is 0.400. The second-order valence-electron chi connectivity index (χ2n) is 6.95. The molecule has 1 unspecified atom stereocenters. The molecule has 0 aliphatic carbocycles. The minimum Gasteiger partial charge on any atom is -0.464 e. The smallest absolute Gasteiger partial charge is 0.227 e. The van der Waals surface area contributed by atoms with E-state index in [0.717, 1.165) is 34.3 Å². The molecule has 4 rings (SSSR count). The van der Waals surface area contributed by atoms with E-state index >= 15 is 0 Å². The average Bonchev–Trinajstić information content (AvgIpc) is 3.36. The molecule has 1 amide bonds. The van der Waals surface area contributed by atoms with Crippen LogP contribution < -0.4 is 0 Å². The molecule has 1 aliphatic rings. The summed E-state index contributed by atoms with van der Waals surface area (Å²) in [6.07, 6.45) is 6.30. The van der Waals surface area contributed by atoms with E-state index in [1.165, 1.54) is 5.56 Å². The molecular weight excluding hydrogens is 330 g/mol. The van der Waals surface area contributed by atoms with Gasteiger partial charge in [0.2, 0.25) is 5.91 Å². The first-order valence-corrected chi connectivity index (χ1v) is 8.86. The van der Waals surface area contributed by atoms with E-state index in [0.29, 0.717) is 13.0 Å². The number of nitrogens with one attached hydrogen (secondary N) is 1. The Morgan fingerprint density at radius 1 is 1.42 bits per heavy atom. The van der Waals surface area contributed by atoms with Crippen molar-refractivity contribution in [3.05, 3.63) is 53.3 Å². The van der Waals surface area contributed by atoms with Crippen LogP contribution in [0.4, 0.5) is 0 Å². The summed E-state index contributed by atoms with van der Waals surface area (Å²) in [5.74, 6) is 0.869. The van der Waals surface area contributed by atoms with E-state index in [2.05, 4.69) is 23.0 Å². The minimum absolute atomic E-state index is 0.0278. The van der Waals surface area contributed by atoms with E-state index < -0.39 is 0 Å². The van der Waals surface area contributed by atoms with Gasteiger partial charge in [0, 0.05) is 43.4 Å². The first-order valence-electron chi connectivity index (χ1n) is 8.86. The lowest BCUT2D eigenvalue weighted by Crippen LogP contribution is -2.33. The summed E-state index contributed by atoms with van der Waals surface area (Å²) in [4.78, 5) is 22.4. The number of carbonyl (C=O) groups is 1. The van der Waals surface area contributed by atoms with Gasteiger partial charge in [0.15, 0.2) is 0 Å². The predicted molar refractivity (Wildman–Crippen MR) is 97.8 cm³/mol. The molecule has 2 aromatic heterocycles. The van der Waals surface area contributed by atoms with Crippen molar-refractivity contribution in [2.75, 3.05) is 13.7 Å². The van der Waals surface area contributed by atoms with E-state index in [1.54, 1.807) is 25.8 Å². The molecule has 1 aliphatic heterocycles. The molecule has 0 bridgehead atoms. The number of carbonyl (C=O) groups excluding carboxylic acids is 1. The van der Waals surface area contributed by atoms with Crippen LogP contribution in [-0.4, -0.2) is 40.5 Å². The maximum atomic E-state index is 13.1. The van der Waals surface area contributed by atoms with E-state index in [9.17, 15) is 4.79 Å². The highest BCUT2D eigenvalue weighted by Gasteiger charge is 2.37. The summed E-state index contributed by atoms with van der Waals surface area (Å²) < 4.78 is 11.3. The topological polar surface area (TPSA) is 71.4 Å². The fourth-order valence-electron chi connectivity index (χ4n) is 3.75. The van der Waals surface area contributed by atoms with Crippen molar-refractivity contribution in [3.8, 4) is 0 Å². The van der Waals surface area contributed by atoms with Crippen molar-refractivity contribution in [1.82, 2.24) is 14.9 Å². The SMILES string of the molecule is CO[C@@H]1CC(c2ncc[nH]2)N(C(=O)Cc2coc3c(C)c(C)ccc23)C1. The largest absolute Gasteiger partial charge is 0.464 e. The minimum atomic E-state index is -0.0791. The lowest BCUT2D eigenvalue weighted by molar-refractivity contribution is -0.131. The van der Waals surface area contributed by atoms with Gasteiger partial charge in [-0.2, -0.15) is 0 Å². The number of fused-ring (bicyclic) bond motifs is 1. The van der Waals surface area contributed by atoms with Crippen molar-refractivity contribution >= 4 is 16.9 Å². The number of likely N-dealkylation sites (tertiary alicyclic amines) is 1. The highest BCUT2D eigenvalue weighted by Crippen LogP contribution is 2.33. The first kappa shape index (κ1) is 16.8. The zero-order chi connectivity index (χ0) is 18.3. The van der Waals surface area contributed by atoms with Crippen LogP contribution in [0, 0.1) is 13.8 Å². The molecule has 3 heterocycles. The van der Waals surface area contributed by atoms with Gasteiger partial charge in [0.1, 0.15) is 11.4 Å². The summed E-state index contributed by atoms with van der Waals surface area (Å²) in [5.41, 5.74) is 4.10. The second-order valence-corrected chi connectivity index (χ2v) is 6.95. The molecule has 0 radical (unpaired) electrons. The van der Waals surface area contributed by atoms with Crippen molar-refractivity contribution in [3.63, 3.8) is 0 Å². The number of furan rings is 1. The molecular formula is C20H23N3O3. The predicted octanol–water partition coefficient (Wildman–Crippen LogP) is 3.30. The Morgan fingerprint density at radius 3 is 3.00 bits per heavy atom. The Bertz CT molecular complexity index is 929. The van der Waals surface area contributed by atoms with Crippen molar-refractivity contribution < 1.29 is 13.9 Å². The van der Waals surface area contributed by atoms with Crippen LogP contribution in [-0.2, 0) is 16.0 Å². The van der Waals surface area contributed by atoms with Crippen LogP contribution in [0.1, 0.15) is 35.0 Å². The van der Waals surface area contributed by atoms with Crippen LogP contribution in [0.3, 0.4) is 0 Å². The van der Waals surface area contributed by atoms with Gasteiger partial charge in [-0.1, -0.05) is 12.1 Å². The Morgan fingerprint density at radius 2 is 2.27 bits per heavy atom. The number of H-pyrrole nitrogens is 1. The Hall–Kier alpha value is -2.60. The van der Waals surface area contributed by atoms with E-state index in [1.807, 2.05) is 17.9 Å². The zero-order valence-corrected chi connectivity index (χ0v) is 15.3. The monoisotopic (exact) mass is 353 g/mol. The number of aromatic amines is 1. The molecule has 2 atom stereocenters. The van der Waals surface area contributed by atoms with Crippen molar-refractivity contribution in [1.29, 1.82) is 0 Å². The standard InChI is InChI=1S/C20H23N3O3/c1-12-4-5-16-14(11-26-19(16)13(12)2)8-18(24)23-10-15(25-3)9-17(23)20-21-6-7-22-20/h4-7,11,15,17H,8-10H2,1-3H3,(H,21,22)/t15-,17?/m1/s1. The number of benzene rings is 1. The number of nitrogens with zero attached hydrogens (tertiary/aromatic N) is 2. The maximum absolute atomic E-state index is 13.1. The molecule has 3 aromatic rings. The number of hydrogen-bond donors (Lipinski definition) is 1. The summed E-state index contributed by atoms with van der Waals surface area (Å²) in [6, 6.07) is 4.03. The van der Waals surface area contributed by atoms with Gasteiger partial charge in [-0.15, -0.1) is 0 Å². The molecule has 1 saturated heterocycles. The third kappa shape index (κ3) is 2.80. The van der Waals surface area contributed by atoms with Gasteiger partial charge in [-0.25, -0.2) is 4.98 Å². The number of aryl methyl sites for hydroxylation is 2. The van der Waals surface area contributed by atoms with Crippen molar-refractivity contribution in [2.45, 2.75) is 38.8 Å². The summed E-state index contributed by atoms with van der Waals surface area (Å²) >= 11 is 0. The zero-order valence-electron chi connectivity index (χ0n) is 15.3. The number of methoxy groups -OCH3 is 1. The van der Waals surface area contributed by atoms with Crippen LogP contribution in [0.5, 0.6) is 0 Å². The molecule has 1 fully saturated rings. The van der Waals surface area contributed by atoms with Gasteiger partial charge in [0.05, 0.1) is 24.8 Å². The van der Waals surface area contributed by atoms with Gasteiger partial charge in [-0.3, -0.25) is 4.79 Å². The third-order valence-electron chi connectivity index (χ3n) is 5.43. The van der Waals surface area contributed by atoms with E-state index in [4.69, 9.17) is 9.15 Å². The Balaban J connectivity index is 1.60. The van der Waals surface area contributed by atoms with Gasteiger partial charge < -0.3 is 19.0 Å². The Kier molecular flexibility index (Phi) is 4.28. The molecule has 0 saturated carbocycles. The molecule has 6 heteroatoms. The lowest BCUT2D eigenvalue weighted by Gasteiger charge is -2.22. The molecule has 26 heavy (non-hydrogen) atoms. The number of ether oxygens (including phenoxy) is 1. The molecule has 136 valence electrons. The number of hydrogen-bond acceptors (Lipinski definition) is 4. The number of imidazole rings is 1. The summed E-state index contributed by atoms with van der Waals surface area (Å²) in [7, 11) is 1.69. The third-order valence-corrected chi connectivity index (χ3v) is 5.43. The van der Waals surface area contributed by atoms with Crippen molar-refractivity contribution in [2.24, 2.45) is 0 Å². The first-order chi connectivity index (χ1) is 12.6. The molecule has 1 aromatic carbocycles. The quantitative estimate of drug-likeness (QED) is 0.781. The molecule has 0 spiro atoms. The number of rotatable bonds is 4. The van der Waals surface area contributed by atoms with Gasteiger partial charge in [-0.05, 0) is 25.0 Å². The van der Waals surface area contributed by atoms with Crippen LogP contribution in [0.15, 0.2) is 35.2 Å². The normalized spacial score (nSPS) is 20.2. The van der Waals surface area contributed by atoms with Gasteiger partial charge in [0.25, 0.3) is 0 Å². The highest BCUT2D eigenvalue weighted by atomic mass is 16.5. The summed E-state index contributed by atoms with van der Waals surface area (Å²) in [5, 5.41) is 1.01. The van der Waals surface area contributed by atoms with Crippen LogP contribution in [0.25, 0.3) is 11.0 Å². The molecule has 6 nitrogen and oxygen atoms in total. The number of aromatic nitrogens is 2. The number of amides is 1. The summed E-state index contributed by atoms with van der Waals surface area (Å²) in [6.45, 7) is 4.68. The second kappa shape index (κ2) is 6.61.